The minimum atomic E-state index is -0.736. The molecule has 0 radical (unpaired) electrons. The summed E-state index contributed by atoms with van der Waals surface area (Å²) in [5.41, 5.74) is 0.610. The van der Waals surface area contributed by atoms with Crippen LogP contribution in [0.3, 0.4) is 0 Å². The average Bonchev–Trinajstić information content (AvgIpc) is 3.32. The van der Waals surface area contributed by atoms with Crippen LogP contribution in [0.1, 0.15) is 25.3 Å². The van der Waals surface area contributed by atoms with Crippen molar-refractivity contribution in [3.63, 3.8) is 0 Å². The Hall–Kier alpha value is -3.46. The molecule has 1 aliphatic heterocycles. The zero-order valence-corrected chi connectivity index (χ0v) is 22.5. The van der Waals surface area contributed by atoms with Crippen molar-refractivity contribution in [2.24, 2.45) is 5.10 Å². The average molecular weight is 578 g/mol. The lowest BCUT2D eigenvalue weighted by molar-refractivity contribution is -0.136. The van der Waals surface area contributed by atoms with Gasteiger partial charge in [0.05, 0.1) is 11.6 Å². The van der Waals surface area contributed by atoms with E-state index in [1.54, 1.807) is 66.7 Å². The molecular weight excluding hydrogens is 555 g/mol. The summed E-state index contributed by atoms with van der Waals surface area (Å²) >= 11 is 17.8. The lowest BCUT2D eigenvalue weighted by Gasteiger charge is -2.19. The van der Waals surface area contributed by atoms with Gasteiger partial charge in [0.25, 0.3) is 0 Å². The maximum Gasteiger partial charge on any atom is 0.311 e. The molecule has 0 aliphatic carbocycles. The van der Waals surface area contributed by atoms with Crippen LogP contribution >= 0.6 is 34.8 Å². The third kappa shape index (κ3) is 7.54. The molecule has 0 fully saturated rings. The summed E-state index contributed by atoms with van der Waals surface area (Å²) in [5.74, 6) is 1.00. The highest BCUT2D eigenvalue weighted by molar-refractivity contribution is 6.35. The number of carbonyl (C=O) groups excluding carboxylic acids is 2. The Bertz CT molecular complexity index is 1320. The molecule has 38 heavy (non-hydrogen) atoms. The van der Waals surface area contributed by atoms with Gasteiger partial charge in [-0.05, 0) is 73.2 Å². The number of nitrogens with zero attached hydrogens (tertiary/aromatic N) is 2. The van der Waals surface area contributed by atoms with E-state index in [9.17, 15) is 9.59 Å². The third-order valence-corrected chi connectivity index (χ3v) is 6.04. The summed E-state index contributed by atoms with van der Waals surface area (Å²) in [6.07, 6.45) is -0.132. The van der Waals surface area contributed by atoms with Crippen molar-refractivity contribution < 1.29 is 28.5 Å². The second-order valence-corrected chi connectivity index (χ2v) is 9.41. The van der Waals surface area contributed by atoms with Gasteiger partial charge in [-0.25, -0.2) is 0 Å². The molecule has 3 aromatic rings. The summed E-state index contributed by atoms with van der Waals surface area (Å²) < 4.78 is 22.6. The Labute approximate surface area is 234 Å². The summed E-state index contributed by atoms with van der Waals surface area (Å²) in [6.45, 7) is 1.75. The lowest BCUT2D eigenvalue weighted by Crippen LogP contribution is -2.36. The first-order valence-corrected chi connectivity index (χ1v) is 12.7. The molecule has 8 nitrogen and oxygen atoms in total. The predicted molar refractivity (Wildman–Crippen MR) is 144 cm³/mol. The summed E-state index contributed by atoms with van der Waals surface area (Å²) in [6, 6.07) is 18.4. The molecule has 198 valence electrons. The monoisotopic (exact) mass is 576 g/mol. The fourth-order valence-corrected chi connectivity index (χ4v) is 3.99. The van der Waals surface area contributed by atoms with Crippen molar-refractivity contribution in [3.05, 3.63) is 87.4 Å². The van der Waals surface area contributed by atoms with Gasteiger partial charge in [0.2, 0.25) is 18.0 Å². The molecule has 0 spiro atoms. The van der Waals surface area contributed by atoms with Crippen LogP contribution in [0.4, 0.5) is 0 Å². The van der Waals surface area contributed by atoms with Crippen LogP contribution in [0.15, 0.2) is 71.8 Å². The van der Waals surface area contributed by atoms with Crippen LogP contribution in [0, 0.1) is 0 Å². The quantitative estimate of drug-likeness (QED) is 0.158. The molecule has 4 rings (SSSR count). The molecule has 1 atom stereocenters. The topological polar surface area (TPSA) is 86.7 Å². The van der Waals surface area contributed by atoms with Gasteiger partial charge in [-0.1, -0.05) is 34.8 Å². The fourth-order valence-electron chi connectivity index (χ4n) is 3.41. The van der Waals surface area contributed by atoms with Crippen LogP contribution in [0.5, 0.6) is 17.2 Å². The number of carbonyl (C=O) groups is 2. The molecule has 0 aromatic heterocycles. The number of hydrogen-bond donors (Lipinski definition) is 0. The standard InChI is InChI=1S/C27H23Cl3N2O6/c1-17(33)32-25(16-36-21-11-6-19(28)7-12-21)38-27(31-32)18-4-9-22(10-5-18)37-26(34)3-2-14-35-24-13-8-20(29)15-23(24)30/h4-13,15,25H,2-3,14,16H2,1H3/t25-/m0/s1. The predicted octanol–water partition coefficient (Wildman–Crippen LogP) is 6.36. The SMILES string of the molecule is CC(=O)N1N=C(c2ccc(OC(=O)CCCOc3ccc(Cl)cc3Cl)cc2)O[C@H]1COc1ccc(Cl)cc1. The molecule has 0 N–H and O–H groups in total. The number of hydrogen-bond acceptors (Lipinski definition) is 7. The van der Waals surface area contributed by atoms with Crippen molar-refractivity contribution in [1.82, 2.24) is 5.01 Å². The number of esters is 1. The molecule has 0 unspecified atom stereocenters. The first kappa shape index (κ1) is 27.6. The summed E-state index contributed by atoms with van der Waals surface area (Å²) in [7, 11) is 0. The molecular formula is C27H23Cl3N2O6. The minimum Gasteiger partial charge on any atom is -0.492 e. The van der Waals surface area contributed by atoms with Crippen molar-refractivity contribution in [1.29, 1.82) is 0 Å². The number of benzene rings is 3. The van der Waals surface area contributed by atoms with Gasteiger partial charge in [-0.3, -0.25) is 9.59 Å². The zero-order chi connectivity index (χ0) is 27.1. The van der Waals surface area contributed by atoms with Gasteiger partial charge in [-0.2, -0.15) is 5.01 Å². The summed E-state index contributed by atoms with van der Waals surface area (Å²) in [5, 5.41) is 7.01. The van der Waals surface area contributed by atoms with Gasteiger partial charge < -0.3 is 18.9 Å². The molecule has 1 heterocycles. The normalized spacial score (nSPS) is 14.5. The van der Waals surface area contributed by atoms with Crippen molar-refractivity contribution in [3.8, 4) is 17.2 Å². The van der Waals surface area contributed by atoms with Gasteiger partial charge in [0.15, 0.2) is 0 Å². The van der Waals surface area contributed by atoms with Crippen LogP contribution in [0.2, 0.25) is 15.1 Å². The molecule has 11 heteroatoms. The van der Waals surface area contributed by atoms with Crippen LogP contribution in [-0.4, -0.2) is 42.2 Å². The highest BCUT2D eigenvalue weighted by atomic mass is 35.5. The zero-order valence-electron chi connectivity index (χ0n) is 20.2. The smallest absolute Gasteiger partial charge is 0.311 e. The Morgan fingerprint density at radius 3 is 2.29 bits per heavy atom. The first-order chi connectivity index (χ1) is 18.3. The number of hydrazone groups is 1. The highest BCUT2D eigenvalue weighted by Crippen LogP contribution is 2.28. The fraction of sp³-hybridized carbons (Fsp3) is 0.222. The second-order valence-electron chi connectivity index (χ2n) is 8.13. The molecule has 1 amide bonds. The number of rotatable bonds is 10. The van der Waals surface area contributed by atoms with E-state index in [-0.39, 0.29) is 24.8 Å². The van der Waals surface area contributed by atoms with Gasteiger partial charge in [-0.15, -0.1) is 5.10 Å². The van der Waals surface area contributed by atoms with Crippen molar-refractivity contribution in [2.45, 2.75) is 26.0 Å². The van der Waals surface area contributed by atoms with E-state index in [0.717, 1.165) is 0 Å². The number of amides is 1. The van der Waals surface area contributed by atoms with Gasteiger partial charge in [0.1, 0.15) is 23.9 Å². The number of ether oxygens (including phenoxy) is 4. The third-order valence-electron chi connectivity index (χ3n) is 5.26. The van der Waals surface area contributed by atoms with Gasteiger partial charge >= 0.3 is 5.97 Å². The van der Waals surface area contributed by atoms with E-state index in [1.165, 1.54) is 11.9 Å². The highest BCUT2D eigenvalue weighted by Gasteiger charge is 2.32. The molecule has 3 aromatic carbocycles. The molecule has 0 saturated carbocycles. The second kappa shape index (κ2) is 12.9. The Morgan fingerprint density at radius 1 is 0.921 bits per heavy atom. The van der Waals surface area contributed by atoms with Gasteiger partial charge in [0, 0.05) is 29.0 Å². The van der Waals surface area contributed by atoms with Crippen molar-refractivity contribution in [2.75, 3.05) is 13.2 Å². The molecule has 0 bridgehead atoms. The molecule has 1 aliphatic rings. The number of halogens is 3. The van der Waals surface area contributed by atoms with Crippen LogP contribution in [0.25, 0.3) is 0 Å². The van der Waals surface area contributed by atoms with E-state index in [0.29, 0.717) is 50.9 Å². The minimum absolute atomic E-state index is 0.0673. The van der Waals surface area contributed by atoms with E-state index in [1.807, 2.05) is 0 Å². The Morgan fingerprint density at radius 2 is 1.61 bits per heavy atom. The summed E-state index contributed by atoms with van der Waals surface area (Å²) in [4.78, 5) is 24.3. The maximum atomic E-state index is 12.2. The van der Waals surface area contributed by atoms with E-state index in [2.05, 4.69) is 5.10 Å². The Kier molecular flexibility index (Phi) is 9.33. The first-order valence-electron chi connectivity index (χ1n) is 11.6. The largest absolute Gasteiger partial charge is 0.492 e. The van der Waals surface area contributed by atoms with Crippen molar-refractivity contribution >= 4 is 52.6 Å². The van der Waals surface area contributed by atoms with E-state index >= 15 is 0 Å². The van der Waals surface area contributed by atoms with Crippen LogP contribution in [-0.2, 0) is 14.3 Å². The Balaban J connectivity index is 1.26. The maximum absolute atomic E-state index is 12.2. The van der Waals surface area contributed by atoms with E-state index in [4.69, 9.17) is 53.8 Å². The van der Waals surface area contributed by atoms with E-state index < -0.39 is 12.2 Å². The lowest BCUT2D eigenvalue weighted by atomic mass is 10.2. The molecule has 0 saturated heterocycles. The van der Waals surface area contributed by atoms with Crippen LogP contribution < -0.4 is 14.2 Å².